The molecule has 0 unspecified atom stereocenters. The van der Waals surface area contributed by atoms with Gasteiger partial charge in [0.15, 0.2) is 0 Å². The van der Waals surface area contributed by atoms with Gasteiger partial charge >= 0.3 is 6.03 Å². The summed E-state index contributed by atoms with van der Waals surface area (Å²) in [5.41, 5.74) is -0.966. The molecule has 6 heteroatoms. The molecule has 1 aliphatic rings. The van der Waals surface area contributed by atoms with E-state index in [4.69, 9.17) is 0 Å². The third kappa shape index (κ3) is 2.95. The van der Waals surface area contributed by atoms with Gasteiger partial charge in [-0.05, 0) is 19.8 Å². The monoisotopic (exact) mass is 241 g/mol. The summed E-state index contributed by atoms with van der Waals surface area (Å²) in [6.07, 6.45) is 0. The maximum atomic E-state index is 11.6. The summed E-state index contributed by atoms with van der Waals surface area (Å²) >= 11 is 0. The summed E-state index contributed by atoms with van der Waals surface area (Å²) < 4.78 is 0. The zero-order chi connectivity index (χ0) is 13.2. The standard InChI is InChI=1S/C11H19N3O3/c1-7(2)5-12-8(15)6-14-10(17)13-9(16)11(14,3)4/h7H,5-6H2,1-4H3,(H,12,15)(H,13,16,17). The number of imide groups is 1. The average molecular weight is 241 g/mol. The van der Waals surface area contributed by atoms with Crippen LogP contribution in [0.4, 0.5) is 4.79 Å². The molecule has 17 heavy (non-hydrogen) atoms. The Hall–Kier alpha value is -1.59. The van der Waals surface area contributed by atoms with E-state index >= 15 is 0 Å². The second kappa shape index (κ2) is 4.73. The number of carbonyl (C=O) groups is 3. The van der Waals surface area contributed by atoms with Crippen molar-refractivity contribution in [3.05, 3.63) is 0 Å². The van der Waals surface area contributed by atoms with E-state index in [-0.39, 0.29) is 18.4 Å². The van der Waals surface area contributed by atoms with E-state index in [9.17, 15) is 14.4 Å². The van der Waals surface area contributed by atoms with Gasteiger partial charge in [-0.25, -0.2) is 4.79 Å². The van der Waals surface area contributed by atoms with E-state index in [1.165, 1.54) is 4.90 Å². The van der Waals surface area contributed by atoms with Crippen LogP contribution in [0.5, 0.6) is 0 Å². The van der Waals surface area contributed by atoms with Gasteiger partial charge in [0.1, 0.15) is 12.1 Å². The van der Waals surface area contributed by atoms with E-state index in [0.29, 0.717) is 12.5 Å². The lowest BCUT2D eigenvalue weighted by molar-refractivity contribution is -0.127. The fourth-order valence-electron chi connectivity index (χ4n) is 1.48. The molecule has 6 nitrogen and oxygen atoms in total. The van der Waals surface area contributed by atoms with Crippen molar-refractivity contribution < 1.29 is 14.4 Å². The van der Waals surface area contributed by atoms with Crippen LogP contribution in [0.1, 0.15) is 27.7 Å². The van der Waals surface area contributed by atoms with Crippen LogP contribution in [0.25, 0.3) is 0 Å². The highest BCUT2D eigenvalue weighted by atomic mass is 16.2. The lowest BCUT2D eigenvalue weighted by Gasteiger charge is -2.27. The van der Waals surface area contributed by atoms with Crippen LogP contribution < -0.4 is 10.6 Å². The molecule has 0 aromatic carbocycles. The van der Waals surface area contributed by atoms with Gasteiger partial charge in [-0.1, -0.05) is 13.8 Å². The molecule has 96 valence electrons. The molecule has 1 fully saturated rings. The lowest BCUT2D eigenvalue weighted by atomic mass is 10.0. The summed E-state index contributed by atoms with van der Waals surface area (Å²) in [5.74, 6) is -0.281. The predicted molar refractivity (Wildman–Crippen MR) is 62.2 cm³/mol. The van der Waals surface area contributed by atoms with Gasteiger partial charge in [-0.2, -0.15) is 0 Å². The van der Waals surface area contributed by atoms with Gasteiger partial charge in [0.25, 0.3) is 5.91 Å². The van der Waals surface area contributed by atoms with Gasteiger partial charge in [-0.15, -0.1) is 0 Å². The van der Waals surface area contributed by atoms with Crippen molar-refractivity contribution in [3.63, 3.8) is 0 Å². The van der Waals surface area contributed by atoms with Crippen molar-refractivity contribution in [2.24, 2.45) is 5.92 Å². The Labute approximate surface area is 101 Å². The Morgan fingerprint density at radius 3 is 2.41 bits per heavy atom. The van der Waals surface area contributed by atoms with Gasteiger partial charge < -0.3 is 10.2 Å². The fourth-order valence-corrected chi connectivity index (χ4v) is 1.48. The second-order valence-corrected chi connectivity index (χ2v) is 5.10. The van der Waals surface area contributed by atoms with E-state index in [0.717, 1.165) is 0 Å². The van der Waals surface area contributed by atoms with Gasteiger partial charge in [0.2, 0.25) is 5.91 Å². The van der Waals surface area contributed by atoms with E-state index in [2.05, 4.69) is 10.6 Å². The number of hydrogen-bond donors (Lipinski definition) is 2. The van der Waals surface area contributed by atoms with Crippen molar-refractivity contribution in [2.75, 3.05) is 13.1 Å². The van der Waals surface area contributed by atoms with Crippen LogP contribution in [0.3, 0.4) is 0 Å². The molecule has 2 N–H and O–H groups in total. The zero-order valence-corrected chi connectivity index (χ0v) is 10.7. The maximum absolute atomic E-state index is 11.6. The molecule has 0 aliphatic carbocycles. The molecule has 0 aromatic heterocycles. The number of nitrogens with one attached hydrogen (secondary N) is 2. The summed E-state index contributed by atoms with van der Waals surface area (Å²) in [4.78, 5) is 35.8. The summed E-state index contributed by atoms with van der Waals surface area (Å²) in [7, 11) is 0. The summed E-state index contributed by atoms with van der Waals surface area (Å²) in [6.45, 7) is 7.65. The molecule has 0 radical (unpaired) electrons. The molecule has 1 heterocycles. The molecule has 1 saturated heterocycles. The zero-order valence-electron chi connectivity index (χ0n) is 10.7. The Morgan fingerprint density at radius 1 is 1.41 bits per heavy atom. The third-order valence-corrected chi connectivity index (χ3v) is 2.71. The first kappa shape index (κ1) is 13.5. The molecule has 4 amide bonds. The average Bonchev–Trinajstić information content (AvgIpc) is 2.38. The molecule has 0 spiro atoms. The van der Waals surface area contributed by atoms with Crippen LogP contribution in [0.15, 0.2) is 0 Å². The van der Waals surface area contributed by atoms with Crippen LogP contribution in [0.2, 0.25) is 0 Å². The normalized spacial score (nSPS) is 18.5. The molecular formula is C11H19N3O3. The van der Waals surface area contributed by atoms with Crippen molar-refractivity contribution in [3.8, 4) is 0 Å². The van der Waals surface area contributed by atoms with E-state index in [1.807, 2.05) is 13.8 Å². The minimum absolute atomic E-state index is 0.0999. The predicted octanol–water partition coefficient (Wildman–Crippen LogP) is 0.0890. The number of rotatable bonds is 4. The first-order valence-corrected chi connectivity index (χ1v) is 5.65. The number of nitrogens with zero attached hydrogens (tertiary/aromatic N) is 1. The molecule has 0 atom stereocenters. The van der Waals surface area contributed by atoms with Crippen LogP contribution >= 0.6 is 0 Å². The Bertz CT molecular complexity index is 350. The molecule has 1 rings (SSSR count). The highest BCUT2D eigenvalue weighted by Gasteiger charge is 2.46. The molecule has 1 aliphatic heterocycles. The second-order valence-electron chi connectivity index (χ2n) is 5.10. The van der Waals surface area contributed by atoms with Crippen LogP contribution in [-0.4, -0.2) is 41.4 Å². The van der Waals surface area contributed by atoms with Gasteiger partial charge in [0, 0.05) is 6.54 Å². The largest absolute Gasteiger partial charge is 0.354 e. The minimum Gasteiger partial charge on any atom is -0.354 e. The maximum Gasteiger partial charge on any atom is 0.325 e. The quantitative estimate of drug-likeness (QED) is 0.685. The van der Waals surface area contributed by atoms with Crippen LogP contribution in [0, 0.1) is 5.92 Å². The topological polar surface area (TPSA) is 78.5 Å². The summed E-state index contributed by atoms with van der Waals surface area (Å²) in [6, 6.07) is -0.514. The smallest absolute Gasteiger partial charge is 0.325 e. The Kier molecular flexibility index (Phi) is 3.75. The van der Waals surface area contributed by atoms with Crippen molar-refractivity contribution in [1.82, 2.24) is 15.5 Å². The highest BCUT2D eigenvalue weighted by Crippen LogP contribution is 2.19. The molecule has 0 bridgehead atoms. The van der Waals surface area contributed by atoms with E-state index < -0.39 is 11.6 Å². The first-order valence-electron chi connectivity index (χ1n) is 5.65. The van der Waals surface area contributed by atoms with E-state index in [1.54, 1.807) is 13.8 Å². The minimum atomic E-state index is -0.966. The highest BCUT2D eigenvalue weighted by molar-refractivity contribution is 6.07. The molecule has 0 saturated carbocycles. The van der Waals surface area contributed by atoms with Gasteiger partial charge in [0.05, 0.1) is 0 Å². The molecular weight excluding hydrogens is 222 g/mol. The van der Waals surface area contributed by atoms with Crippen molar-refractivity contribution in [2.45, 2.75) is 33.2 Å². The number of urea groups is 1. The molecule has 0 aromatic rings. The third-order valence-electron chi connectivity index (χ3n) is 2.71. The number of carbonyl (C=O) groups excluding carboxylic acids is 3. The fraction of sp³-hybridized carbons (Fsp3) is 0.727. The number of amides is 4. The van der Waals surface area contributed by atoms with Crippen molar-refractivity contribution >= 4 is 17.8 Å². The SMILES string of the molecule is CC(C)CNC(=O)CN1C(=O)NC(=O)C1(C)C. The Morgan fingerprint density at radius 2 is 2.00 bits per heavy atom. The van der Waals surface area contributed by atoms with Gasteiger partial charge in [-0.3, -0.25) is 14.9 Å². The number of hydrogen-bond acceptors (Lipinski definition) is 3. The first-order chi connectivity index (χ1) is 7.75. The lowest BCUT2D eigenvalue weighted by Crippen LogP contribution is -2.49. The summed E-state index contributed by atoms with van der Waals surface area (Å²) in [5, 5.41) is 4.91. The van der Waals surface area contributed by atoms with Crippen LogP contribution in [-0.2, 0) is 9.59 Å². The Balaban J connectivity index is 2.59. The van der Waals surface area contributed by atoms with Crippen molar-refractivity contribution in [1.29, 1.82) is 0 Å².